The number of ether oxygens (including phenoxy) is 1. The van der Waals surface area contributed by atoms with E-state index in [1.165, 1.54) is 0 Å². The summed E-state index contributed by atoms with van der Waals surface area (Å²) in [6.45, 7) is 2.25. The van der Waals surface area contributed by atoms with Gasteiger partial charge in [-0.05, 0) is 30.2 Å². The van der Waals surface area contributed by atoms with Crippen LogP contribution in [0, 0.1) is 0 Å². The molecule has 2 aromatic rings. The molecule has 17 heavy (non-hydrogen) atoms. The van der Waals surface area contributed by atoms with Gasteiger partial charge in [-0.2, -0.15) is 0 Å². The van der Waals surface area contributed by atoms with Crippen LogP contribution in [-0.2, 0) is 10.3 Å². The van der Waals surface area contributed by atoms with Crippen LogP contribution in [0.3, 0.4) is 0 Å². The van der Waals surface area contributed by atoms with Gasteiger partial charge in [-0.1, -0.05) is 19.1 Å². The number of nitrogens with zero attached hydrogens (tertiary/aromatic N) is 1. The molecule has 0 bridgehead atoms. The first kappa shape index (κ1) is 12.0. The van der Waals surface area contributed by atoms with E-state index >= 15 is 0 Å². The summed E-state index contributed by atoms with van der Waals surface area (Å²) in [4.78, 5) is 4.26. The molecular weight excluding hydrogens is 214 g/mol. The van der Waals surface area contributed by atoms with Crippen LogP contribution in [0.2, 0.25) is 0 Å². The summed E-state index contributed by atoms with van der Waals surface area (Å²) >= 11 is 0. The molecule has 1 aromatic carbocycles. The van der Waals surface area contributed by atoms with Gasteiger partial charge in [-0.15, -0.1) is 0 Å². The lowest BCUT2D eigenvalue weighted by atomic mass is 9.91. The Morgan fingerprint density at radius 1 is 1.35 bits per heavy atom. The SMILES string of the molecule is CCC(O)(COC)c1ccc2ncccc2c1. The first-order valence-corrected chi connectivity index (χ1v) is 5.76. The summed E-state index contributed by atoms with van der Waals surface area (Å²) in [7, 11) is 1.60. The minimum Gasteiger partial charge on any atom is -0.383 e. The Balaban J connectivity index is 2.47. The summed E-state index contributed by atoms with van der Waals surface area (Å²) in [6, 6.07) is 9.71. The minimum atomic E-state index is -0.918. The minimum absolute atomic E-state index is 0.301. The van der Waals surface area contributed by atoms with E-state index in [0.29, 0.717) is 13.0 Å². The number of hydrogen-bond donors (Lipinski definition) is 1. The average Bonchev–Trinajstić information content (AvgIpc) is 2.38. The Hall–Kier alpha value is -1.45. The lowest BCUT2D eigenvalue weighted by Gasteiger charge is -2.26. The molecule has 0 radical (unpaired) electrons. The van der Waals surface area contributed by atoms with Crippen LogP contribution < -0.4 is 0 Å². The van der Waals surface area contributed by atoms with Crippen LogP contribution in [0.1, 0.15) is 18.9 Å². The normalized spacial score (nSPS) is 14.8. The summed E-state index contributed by atoms with van der Waals surface area (Å²) < 4.78 is 5.10. The van der Waals surface area contributed by atoms with Gasteiger partial charge in [0.2, 0.25) is 0 Å². The highest BCUT2D eigenvalue weighted by Crippen LogP contribution is 2.27. The van der Waals surface area contributed by atoms with E-state index in [1.807, 2.05) is 37.3 Å². The molecule has 1 N–H and O–H groups in total. The zero-order valence-electron chi connectivity index (χ0n) is 10.2. The maximum Gasteiger partial charge on any atom is 0.113 e. The van der Waals surface area contributed by atoms with Crippen molar-refractivity contribution in [3.05, 3.63) is 42.1 Å². The highest BCUT2D eigenvalue weighted by Gasteiger charge is 2.27. The van der Waals surface area contributed by atoms with Crippen molar-refractivity contribution in [2.24, 2.45) is 0 Å². The third-order valence-electron chi connectivity index (χ3n) is 3.11. The molecule has 0 spiro atoms. The quantitative estimate of drug-likeness (QED) is 0.879. The number of fused-ring (bicyclic) bond motifs is 1. The Morgan fingerprint density at radius 2 is 2.18 bits per heavy atom. The van der Waals surface area contributed by atoms with Gasteiger partial charge in [-0.3, -0.25) is 4.98 Å². The van der Waals surface area contributed by atoms with Crippen molar-refractivity contribution in [2.75, 3.05) is 13.7 Å². The smallest absolute Gasteiger partial charge is 0.113 e. The molecule has 0 fully saturated rings. The monoisotopic (exact) mass is 231 g/mol. The van der Waals surface area contributed by atoms with Crippen molar-refractivity contribution in [2.45, 2.75) is 18.9 Å². The third kappa shape index (κ3) is 2.30. The van der Waals surface area contributed by atoms with Gasteiger partial charge in [-0.25, -0.2) is 0 Å². The zero-order valence-corrected chi connectivity index (χ0v) is 10.2. The fraction of sp³-hybridized carbons (Fsp3) is 0.357. The van der Waals surface area contributed by atoms with Crippen molar-refractivity contribution in [3.8, 4) is 0 Å². The fourth-order valence-electron chi connectivity index (χ4n) is 1.99. The van der Waals surface area contributed by atoms with E-state index in [9.17, 15) is 5.11 Å². The average molecular weight is 231 g/mol. The van der Waals surface area contributed by atoms with Crippen LogP contribution in [0.4, 0.5) is 0 Å². The highest BCUT2D eigenvalue weighted by molar-refractivity contribution is 5.79. The second-order valence-electron chi connectivity index (χ2n) is 4.23. The molecule has 0 aliphatic carbocycles. The molecule has 0 aliphatic heterocycles. The molecule has 0 amide bonds. The van der Waals surface area contributed by atoms with Crippen molar-refractivity contribution < 1.29 is 9.84 Å². The Labute approximate surface area is 101 Å². The van der Waals surface area contributed by atoms with E-state index in [4.69, 9.17) is 4.74 Å². The van der Waals surface area contributed by atoms with Crippen LogP contribution in [0.5, 0.6) is 0 Å². The van der Waals surface area contributed by atoms with Crippen LogP contribution in [0.25, 0.3) is 10.9 Å². The summed E-state index contributed by atoms with van der Waals surface area (Å²) in [5, 5.41) is 11.5. The van der Waals surface area contributed by atoms with Crippen LogP contribution in [-0.4, -0.2) is 23.8 Å². The number of aliphatic hydroxyl groups is 1. The fourth-order valence-corrected chi connectivity index (χ4v) is 1.99. The maximum absolute atomic E-state index is 10.5. The van der Waals surface area contributed by atoms with E-state index in [0.717, 1.165) is 16.5 Å². The Kier molecular flexibility index (Phi) is 3.41. The molecular formula is C14H17NO2. The van der Waals surface area contributed by atoms with E-state index in [2.05, 4.69) is 4.98 Å². The summed E-state index contributed by atoms with van der Waals surface area (Å²) in [5.41, 5.74) is 0.896. The Bertz CT molecular complexity index is 512. The van der Waals surface area contributed by atoms with Gasteiger partial charge < -0.3 is 9.84 Å². The number of rotatable bonds is 4. The molecule has 0 aliphatic rings. The van der Waals surface area contributed by atoms with Gasteiger partial charge in [0, 0.05) is 18.7 Å². The maximum atomic E-state index is 10.5. The van der Waals surface area contributed by atoms with Crippen molar-refractivity contribution in [1.82, 2.24) is 4.98 Å². The molecule has 0 saturated heterocycles. The number of pyridine rings is 1. The van der Waals surface area contributed by atoms with Crippen molar-refractivity contribution in [3.63, 3.8) is 0 Å². The number of methoxy groups -OCH3 is 1. The molecule has 1 aromatic heterocycles. The zero-order chi connectivity index (χ0) is 12.3. The lowest BCUT2D eigenvalue weighted by Crippen LogP contribution is -2.30. The number of hydrogen-bond acceptors (Lipinski definition) is 3. The molecule has 0 saturated carbocycles. The molecule has 3 heteroatoms. The van der Waals surface area contributed by atoms with Gasteiger partial charge in [0.25, 0.3) is 0 Å². The highest BCUT2D eigenvalue weighted by atomic mass is 16.5. The van der Waals surface area contributed by atoms with Gasteiger partial charge >= 0.3 is 0 Å². The molecule has 1 unspecified atom stereocenters. The topological polar surface area (TPSA) is 42.4 Å². The van der Waals surface area contributed by atoms with Gasteiger partial charge in [0.1, 0.15) is 5.60 Å². The van der Waals surface area contributed by atoms with Crippen LogP contribution >= 0.6 is 0 Å². The molecule has 1 heterocycles. The third-order valence-corrected chi connectivity index (χ3v) is 3.11. The molecule has 3 nitrogen and oxygen atoms in total. The van der Waals surface area contributed by atoms with E-state index in [-0.39, 0.29) is 0 Å². The lowest BCUT2D eigenvalue weighted by molar-refractivity contribution is -0.0385. The molecule has 1 atom stereocenters. The summed E-state index contributed by atoms with van der Waals surface area (Å²) in [6.07, 6.45) is 2.38. The largest absolute Gasteiger partial charge is 0.383 e. The van der Waals surface area contributed by atoms with Gasteiger partial charge in [0.05, 0.1) is 12.1 Å². The van der Waals surface area contributed by atoms with E-state index < -0.39 is 5.60 Å². The Morgan fingerprint density at radius 3 is 2.88 bits per heavy atom. The summed E-state index contributed by atoms with van der Waals surface area (Å²) in [5.74, 6) is 0. The van der Waals surface area contributed by atoms with E-state index in [1.54, 1.807) is 13.3 Å². The van der Waals surface area contributed by atoms with Crippen molar-refractivity contribution in [1.29, 1.82) is 0 Å². The second-order valence-corrected chi connectivity index (χ2v) is 4.23. The number of benzene rings is 1. The first-order chi connectivity index (χ1) is 8.19. The predicted octanol–water partition coefficient (Wildman–Crippen LogP) is 2.48. The molecule has 2 rings (SSSR count). The van der Waals surface area contributed by atoms with Gasteiger partial charge in [0.15, 0.2) is 0 Å². The number of aromatic nitrogens is 1. The predicted molar refractivity (Wildman–Crippen MR) is 67.8 cm³/mol. The standard InChI is InChI=1S/C14H17NO2/c1-3-14(16,10-17-2)12-6-7-13-11(9-12)5-4-8-15-13/h4-9,16H,3,10H2,1-2H3. The second kappa shape index (κ2) is 4.82. The molecule has 90 valence electrons. The first-order valence-electron chi connectivity index (χ1n) is 5.76. The van der Waals surface area contributed by atoms with Crippen molar-refractivity contribution >= 4 is 10.9 Å². The van der Waals surface area contributed by atoms with Crippen LogP contribution in [0.15, 0.2) is 36.5 Å².